The van der Waals surface area contributed by atoms with Crippen LogP contribution in [0.4, 0.5) is 0 Å². The summed E-state index contributed by atoms with van der Waals surface area (Å²) in [7, 11) is 0. The van der Waals surface area contributed by atoms with Gasteiger partial charge in [0.1, 0.15) is 5.75 Å². The number of rotatable bonds is 3. The highest BCUT2D eigenvalue weighted by molar-refractivity contribution is 6.27. The van der Waals surface area contributed by atoms with Crippen LogP contribution >= 0.6 is 0 Å². The molecule has 0 saturated heterocycles. The van der Waals surface area contributed by atoms with Gasteiger partial charge < -0.3 is 16.2 Å². The van der Waals surface area contributed by atoms with Crippen molar-refractivity contribution in [2.75, 3.05) is 0 Å². The molecular weight excluding hydrogens is 452 g/mol. The molecule has 2 saturated carbocycles. The van der Waals surface area contributed by atoms with Gasteiger partial charge in [0.15, 0.2) is 29.1 Å². The van der Waals surface area contributed by atoms with Crippen LogP contribution in [0, 0.1) is 29.6 Å². The highest BCUT2D eigenvalue weighted by atomic mass is 16.3. The summed E-state index contributed by atoms with van der Waals surface area (Å²) in [6.45, 7) is 5.54. The van der Waals surface area contributed by atoms with Crippen LogP contribution in [-0.2, 0) is 30.4 Å². The molecule has 1 aromatic carbocycles. The first-order chi connectivity index (χ1) is 16.3. The Morgan fingerprint density at radius 2 is 1.69 bits per heavy atom. The summed E-state index contributed by atoms with van der Waals surface area (Å²) in [6, 6.07) is 2.93. The number of phenols is 1. The molecule has 9 nitrogen and oxygen atoms in total. The summed E-state index contributed by atoms with van der Waals surface area (Å²) in [4.78, 5) is 76.0. The van der Waals surface area contributed by atoms with E-state index in [1.165, 1.54) is 12.1 Å². The fraction of sp³-hybridized carbons (Fsp3) is 0.462. The van der Waals surface area contributed by atoms with Crippen molar-refractivity contribution in [1.82, 2.24) is 5.32 Å². The van der Waals surface area contributed by atoms with Gasteiger partial charge in [0.05, 0.1) is 17.4 Å². The second-order valence-electron chi connectivity index (χ2n) is 10.7. The molecule has 2 fully saturated rings. The first-order valence-electron chi connectivity index (χ1n) is 11.6. The molecular formula is C26H28N2O7. The number of primary amides is 1. The summed E-state index contributed by atoms with van der Waals surface area (Å²) < 4.78 is 0. The maximum absolute atomic E-state index is 13.5. The summed E-state index contributed by atoms with van der Waals surface area (Å²) in [5.74, 6) is -9.42. The quantitative estimate of drug-likeness (QED) is 0.432. The van der Waals surface area contributed by atoms with E-state index in [-0.39, 0.29) is 36.5 Å². The summed E-state index contributed by atoms with van der Waals surface area (Å²) in [5.41, 5.74) is 5.88. The molecule has 0 aromatic heterocycles. The molecule has 0 heterocycles. The Balaban J connectivity index is 1.69. The van der Waals surface area contributed by atoms with Crippen molar-refractivity contribution in [2.45, 2.75) is 45.6 Å². The normalized spacial score (nSPS) is 28.4. The van der Waals surface area contributed by atoms with Crippen LogP contribution in [0.2, 0.25) is 0 Å². The molecule has 4 N–H and O–H groups in total. The zero-order valence-corrected chi connectivity index (χ0v) is 19.8. The largest absolute Gasteiger partial charge is 0.507 e. The summed E-state index contributed by atoms with van der Waals surface area (Å²) in [5, 5.41) is 13.3. The first-order valence-corrected chi connectivity index (χ1v) is 11.6. The Morgan fingerprint density at radius 1 is 1.03 bits per heavy atom. The molecule has 4 rings (SSSR count). The van der Waals surface area contributed by atoms with E-state index >= 15 is 0 Å². The van der Waals surface area contributed by atoms with Crippen LogP contribution in [0.15, 0.2) is 18.2 Å². The van der Waals surface area contributed by atoms with Gasteiger partial charge in [0, 0.05) is 18.0 Å². The molecule has 0 spiro atoms. The van der Waals surface area contributed by atoms with E-state index in [4.69, 9.17) is 5.73 Å². The van der Waals surface area contributed by atoms with Crippen LogP contribution < -0.4 is 11.1 Å². The van der Waals surface area contributed by atoms with Gasteiger partial charge in [-0.1, -0.05) is 6.07 Å². The van der Waals surface area contributed by atoms with E-state index in [1.54, 1.807) is 12.1 Å². The van der Waals surface area contributed by atoms with Crippen LogP contribution in [-0.4, -0.2) is 45.6 Å². The van der Waals surface area contributed by atoms with Crippen LogP contribution in [0.25, 0.3) is 6.08 Å². The number of fused-ring (bicyclic) bond motifs is 3. The molecule has 5 atom stereocenters. The number of nitrogens with two attached hydrogens (primary N) is 1. The number of hydrogen-bond acceptors (Lipinski definition) is 7. The number of nitrogens with one attached hydrogen (secondary N) is 1. The maximum atomic E-state index is 13.5. The third-order valence-electron chi connectivity index (χ3n) is 7.06. The average molecular weight is 481 g/mol. The van der Waals surface area contributed by atoms with Gasteiger partial charge in [0.25, 0.3) is 0 Å². The van der Waals surface area contributed by atoms with Gasteiger partial charge >= 0.3 is 0 Å². The number of hydrogen-bond donors (Lipinski definition) is 3. The second-order valence-corrected chi connectivity index (χ2v) is 10.7. The minimum atomic E-state index is -1.66. The Kier molecular flexibility index (Phi) is 5.99. The second kappa shape index (κ2) is 8.55. The zero-order valence-electron chi connectivity index (χ0n) is 19.8. The van der Waals surface area contributed by atoms with Gasteiger partial charge in [-0.15, -0.1) is 0 Å². The molecule has 2 amide bonds. The van der Waals surface area contributed by atoms with E-state index in [1.807, 2.05) is 20.8 Å². The van der Waals surface area contributed by atoms with Crippen LogP contribution in [0.1, 0.15) is 55.1 Å². The molecule has 0 radical (unpaired) electrons. The third kappa shape index (κ3) is 4.31. The zero-order chi connectivity index (χ0) is 25.8. The molecule has 184 valence electrons. The van der Waals surface area contributed by atoms with Gasteiger partial charge in [-0.05, 0) is 68.7 Å². The molecule has 5 unspecified atom stereocenters. The monoisotopic (exact) mass is 480 g/mol. The first kappa shape index (κ1) is 24.5. The van der Waals surface area contributed by atoms with E-state index < -0.39 is 64.2 Å². The lowest BCUT2D eigenvalue weighted by Gasteiger charge is -2.44. The fourth-order valence-corrected chi connectivity index (χ4v) is 5.75. The van der Waals surface area contributed by atoms with Crippen molar-refractivity contribution >= 4 is 41.0 Å². The number of carbonyl (C=O) groups excluding carboxylic acids is 6. The van der Waals surface area contributed by atoms with Crippen molar-refractivity contribution in [1.29, 1.82) is 0 Å². The number of Topliss-reactive ketones (excluding diaryl/α,β-unsaturated/α-hetero) is 4. The number of benzene rings is 1. The number of aromatic hydroxyl groups is 1. The maximum Gasteiger partial charge on any atom is 0.244 e. The molecule has 3 aliphatic rings. The minimum absolute atomic E-state index is 0.00205. The lowest BCUT2D eigenvalue weighted by molar-refractivity contribution is -0.152. The van der Waals surface area contributed by atoms with E-state index in [0.29, 0.717) is 11.1 Å². The van der Waals surface area contributed by atoms with Gasteiger partial charge in [0.2, 0.25) is 11.8 Å². The minimum Gasteiger partial charge on any atom is -0.507 e. The van der Waals surface area contributed by atoms with E-state index in [2.05, 4.69) is 5.32 Å². The van der Waals surface area contributed by atoms with E-state index in [9.17, 15) is 33.9 Å². The van der Waals surface area contributed by atoms with Crippen LogP contribution in [0.5, 0.6) is 5.75 Å². The standard InChI is InChI=1S/C26H28N2O7/c1-26(2,3)28-17(31)7-5-11-4-6-15(29)20-14(11)9-12-8-13-10-16(30)21(25(27)35)24(34)19(13)22(32)18(12)23(20)33/h4-7,12-13,18-19,21,29H,8-10H2,1-3H3,(H2,27,35)(H,28,31)/b7-5+. The van der Waals surface area contributed by atoms with Crippen molar-refractivity contribution in [3.05, 3.63) is 34.9 Å². The topological polar surface area (TPSA) is 161 Å². The Hall–Kier alpha value is -3.62. The number of phenolic OH excluding ortho intramolecular Hbond substituents is 1. The number of ketones is 4. The Labute approximate surface area is 202 Å². The molecule has 35 heavy (non-hydrogen) atoms. The van der Waals surface area contributed by atoms with Gasteiger partial charge in [-0.2, -0.15) is 0 Å². The molecule has 1 aromatic rings. The molecule has 3 aliphatic carbocycles. The summed E-state index contributed by atoms with van der Waals surface area (Å²) >= 11 is 0. The Morgan fingerprint density at radius 3 is 2.31 bits per heavy atom. The number of amides is 2. The fourth-order valence-electron chi connectivity index (χ4n) is 5.75. The number of carbonyl (C=O) groups is 6. The molecule has 9 heteroatoms. The molecule has 0 aliphatic heterocycles. The van der Waals surface area contributed by atoms with Crippen molar-refractivity contribution in [3.8, 4) is 5.75 Å². The highest BCUT2D eigenvalue weighted by Crippen LogP contribution is 2.48. The van der Waals surface area contributed by atoms with Crippen molar-refractivity contribution in [2.24, 2.45) is 35.3 Å². The lowest BCUT2D eigenvalue weighted by atomic mass is 9.56. The van der Waals surface area contributed by atoms with Gasteiger partial charge in [-0.3, -0.25) is 28.8 Å². The van der Waals surface area contributed by atoms with E-state index in [0.717, 1.165) is 0 Å². The highest BCUT2D eigenvalue weighted by Gasteiger charge is 2.57. The smallest absolute Gasteiger partial charge is 0.244 e. The lowest BCUT2D eigenvalue weighted by Crippen LogP contribution is -2.56. The van der Waals surface area contributed by atoms with Gasteiger partial charge in [-0.25, -0.2) is 0 Å². The summed E-state index contributed by atoms with van der Waals surface area (Å²) in [6.07, 6.45) is 3.32. The van der Waals surface area contributed by atoms with Crippen molar-refractivity contribution in [3.63, 3.8) is 0 Å². The average Bonchev–Trinajstić information content (AvgIpc) is 2.71. The predicted molar refractivity (Wildman–Crippen MR) is 124 cm³/mol. The third-order valence-corrected chi connectivity index (χ3v) is 7.06. The van der Waals surface area contributed by atoms with Crippen molar-refractivity contribution < 1.29 is 33.9 Å². The predicted octanol–water partition coefficient (Wildman–Crippen LogP) is 1.14. The SMILES string of the molecule is CC(C)(C)NC(=O)/C=C/c1ccc(O)c2c1CC1CC3CC(=O)C(C(N)=O)C(=O)C3C(=O)C1C2=O. The Bertz CT molecular complexity index is 1210. The molecule has 0 bridgehead atoms. The van der Waals surface area contributed by atoms with Crippen LogP contribution in [0.3, 0.4) is 0 Å².